The minimum atomic E-state index is -0.163. The van der Waals surface area contributed by atoms with Gasteiger partial charge in [0, 0.05) is 45.5 Å². The average Bonchev–Trinajstić information content (AvgIpc) is 2.64. The Balaban J connectivity index is 1.75. The molecule has 0 aromatic carbocycles. The summed E-state index contributed by atoms with van der Waals surface area (Å²) in [6.07, 6.45) is 2.55. The number of hydrogen-bond acceptors (Lipinski definition) is 5. The molecule has 8 heteroatoms. The van der Waals surface area contributed by atoms with Gasteiger partial charge in [-0.2, -0.15) is 0 Å². The minimum Gasteiger partial charge on any atom is -0.348 e. The Morgan fingerprint density at radius 2 is 2.04 bits per heavy atom. The first-order chi connectivity index (χ1) is 12.0. The topological polar surface area (TPSA) is 83.4 Å². The normalized spacial score (nSPS) is 16.1. The zero-order chi connectivity index (χ0) is 18.0. The number of anilines is 1. The lowest BCUT2D eigenvalue weighted by atomic mass is 10.2. The summed E-state index contributed by atoms with van der Waals surface area (Å²) >= 11 is 0. The van der Waals surface area contributed by atoms with Crippen LogP contribution in [0, 0.1) is 0 Å². The summed E-state index contributed by atoms with van der Waals surface area (Å²) in [5.74, 6) is 0.421. The van der Waals surface area contributed by atoms with E-state index in [0.717, 1.165) is 6.42 Å². The number of piperazine rings is 1. The van der Waals surface area contributed by atoms with Crippen LogP contribution in [0.1, 0.15) is 20.3 Å². The van der Waals surface area contributed by atoms with E-state index >= 15 is 0 Å². The van der Waals surface area contributed by atoms with Gasteiger partial charge in [0.1, 0.15) is 5.52 Å². The summed E-state index contributed by atoms with van der Waals surface area (Å²) in [6, 6.07) is 3.77. The van der Waals surface area contributed by atoms with Crippen molar-refractivity contribution in [2.24, 2.45) is 7.05 Å². The molecule has 3 heterocycles. The Morgan fingerprint density at radius 1 is 1.32 bits per heavy atom. The molecule has 0 saturated carbocycles. The highest BCUT2D eigenvalue weighted by Gasteiger charge is 2.24. The maximum absolute atomic E-state index is 12.6. The van der Waals surface area contributed by atoms with Crippen molar-refractivity contribution in [3.05, 3.63) is 28.7 Å². The second-order valence-corrected chi connectivity index (χ2v) is 6.38. The van der Waals surface area contributed by atoms with Gasteiger partial charge in [0.15, 0.2) is 11.5 Å². The van der Waals surface area contributed by atoms with Gasteiger partial charge in [0.25, 0.3) is 5.56 Å². The summed E-state index contributed by atoms with van der Waals surface area (Å²) < 4.78 is 1.53. The second-order valence-electron chi connectivity index (χ2n) is 6.38. The number of carbonyl (C=O) groups excluding carboxylic acids is 1. The number of aromatic nitrogens is 3. The molecule has 0 spiro atoms. The van der Waals surface area contributed by atoms with Gasteiger partial charge in [-0.25, -0.2) is 14.8 Å². The van der Waals surface area contributed by atoms with Crippen LogP contribution < -0.4 is 15.8 Å². The molecule has 25 heavy (non-hydrogen) atoms. The van der Waals surface area contributed by atoms with Gasteiger partial charge in [-0.1, -0.05) is 6.92 Å². The lowest BCUT2D eigenvalue weighted by Crippen LogP contribution is -2.54. The highest BCUT2D eigenvalue weighted by atomic mass is 16.2. The van der Waals surface area contributed by atoms with Crippen LogP contribution in [0.3, 0.4) is 0 Å². The Labute approximate surface area is 146 Å². The fraction of sp³-hybridized carbons (Fsp3) is 0.529. The molecule has 2 aromatic rings. The van der Waals surface area contributed by atoms with Crippen LogP contribution in [0.15, 0.2) is 23.1 Å². The molecule has 1 unspecified atom stereocenters. The molecule has 134 valence electrons. The first-order valence-corrected chi connectivity index (χ1v) is 8.63. The van der Waals surface area contributed by atoms with E-state index in [2.05, 4.69) is 15.3 Å². The van der Waals surface area contributed by atoms with Crippen molar-refractivity contribution in [1.29, 1.82) is 0 Å². The third-order valence-electron chi connectivity index (χ3n) is 4.65. The summed E-state index contributed by atoms with van der Waals surface area (Å²) in [6.45, 7) is 6.34. The molecule has 2 amide bonds. The van der Waals surface area contributed by atoms with Gasteiger partial charge in [-0.3, -0.25) is 9.36 Å². The molecule has 1 atom stereocenters. The summed E-state index contributed by atoms with van der Waals surface area (Å²) in [4.78, 5) is 37.3. The number of pyridine rings is 1. The Bertz CT molecular complexity index is 825. The van der Waals surface area contributed by atoms with Crippen LogP contribution in [0.5, 0.6) is 0 Å². The van der Waals surface area contributed by atoms with Crippen molar-refractivity contribution in [1.82, 2.24) is 24.8 Å². The third kappa shape index (κ3) is 3.42. The first kappa shape index (κ1) is 17.2. The van der Waals surface area contributed by atoms with Crippen LogP contribution in [-0.4, -0.2) is 57.7 Å². The fourth-order valence-electron chi connectivity index (χ4n) is 2.87. The van der Waals surface area contributed by atoms with Gasteiger partial charge in [0.05, 0.1) is 0 Å². The molecule has 1 N–H and O–H groups in total. The van der Waals surface area contributed by atoms with E-state index in [9.17, 15) is 9.59 Å². The van der Waals surface area contributed by atoms with Gasteiger partial charge in [0.2, 0.25) is 0 Å². The SMILES string of the molecule is CCC(C)NC(=O)N1CCN(c2nc3cccnc3n(C)c2=O)CC1. The minimum absolute atomic E-state index is 0.0439. The van der Waals surface area contributed by atoms with E-state index in [4.69, 9.17) is 0 Å². The van der Waals surface area contributed by atoms with E-state index in [0.29, 0.717) is 43.2 Å². The number of urea groups is 1. The molecule has 8 nitrogen and oxygen atoms in total. The lowest BCUT2D eigenvalue weighted by molar-refractivity contribution is 0.190. The maximum Gasteiger partial charge on any atom is 0.317 e. The molecule has 1 saturated heterocycles. The van der Waals surface area contributed by atoms with Crippen LogP contribution in [0.25, 0.3) is 11.2 Å². The lowest BCUT2D eigenvalue weighted by Gasteiger charge is -2.35. The second kappa shape index (κ2) is 7.08. The van der Waals surface area contributed by atoms with Crippen LogP contribution in [-0.2, 0) is 7.05 Å². The van der Waals surface area contributed by atoms with Gasteiger partial charge >= 0.3 is 6.03 Å². The van der Waals surface area contributed by atoms with Crippen LogP contribution >= 0.6 is 0 Å². The highest BCUT2D eigenvalue weighted by molar-refractivity contribution is 5.75. The first-order valence-electron chi connectivity index (χ1n) is 8.63. The maximum atomic E-state index is 12.6. The number of amides is 2. The average molecular weight is 344 g/mol. The number of nitrogens with zero attached hydrogens (tertiary/aromatic N) is 5. The van der Waals surface area contributed by atoms with Crippen LogP contribution in [0.2, 0.25) is 0 Å². The number of carbonyl (C=O) groups is 1. The molecular formula is C17H24N6O2. The molecule has 1 fully saturated rings. The van der Waals surface area contributed by atoms with Crippen molar-refractivity contribution in [3.8, 4) is 0 Å². The largest absolute Gasteiger partial charge is 0.348 e. The van der Waals surface area contributed by atoms with Crippen molar-refractivity contribution < 1.29 is 4.79 Å². The molecule has 1 aliphatic heterocycles. The van der Waals surface area contributed by atoms with Crippen LogP contribution in [0.4, 0.5) is 10.6 Å². The van der Waals surface area contributed by atoms with E-state index < -0.39 is 0 Å². The standard InChI is InChI=1S/C17H24N6O2/c1-4-12(2)19-17(25)23-10-8-22(9-11-23)15-16(24)21(3)14-13(20-15)6-5-7-18-14/h5-7,12H,4,8-11H2,1-3H3,(H,19,25). The van der Waals surface area contributed by atoms with Crippen molar-refractivity contribution >= 4 is 23.0 Å². The van der Waals surface area contributed by atoms with Crippen molar-refractivity contribution in [2.75, 3.05) is 31.1 Å². The highest BCUT2D eigenvalue weighted by Crippen LogP contribution is 2.14. The van der Waals surface area contributed by atoms with E-state index in [-0.39, 0.29) is 17.6 Å². The molecule has 3 rings (SSSR count). The smallest absolute Gasteiger partial charge is 0.317 e. The van der Waals surface area contributed by atoms with Gasteiger partial charge in [-0.15, -0.1) is 0 Å². The summed E-state index contributed by atoms with van der Waals surface area (Å²) in [5.41, 5.74) is 1.10. The summed E-state index contributed by atoms with van der Waals surface area (Å²) in [5, 5.41) is 2.98. The molecule has 0 bridgehead atoms. The molecule has 0 radical (unpaired) electrons. The van der Waals surface area contributed by atoms with E-state index in [1.165, 1.54) is 4.57 Å². The third-order valence-corrected chi connectivity index (χ3v) is 4.65. The van der Waals surface area contributed by atoms with E-state index in [1.54, 1.807) is 24.2 Å². The van der Waals surface area contributed by atoms with Crippen molar-refractivity contribution in [3.63, 3.8) is 0 Å². The molecule has 0 aliphatic carbocycles. The number of fused-ring (bicyclic) bond motifs is 1. The fourth-order valence-corrected chi connectivity index (χ4v) is 2.87. The van der Waals surface area contributed by atoms with Gasteiger partial charge in [-0.05, 0) is 25.5 Å². The molecule has 2 aromatic heterocycles. The number of nitrogens with one attached hydrogen (secondary N) is 1. The summed E-state index contributed by atoms with van der Waals surface area (Å²) in [7, 11) is 1.71. The van der Waals surface area contributed by atoms with Crippen molar-refractivity contribution in [2.45, 2.75) is 26.3 Å². The quantitative estimate of drug-likeness (QED) is 0.897. The zero-order valence-corrected chi connectivity index (χ0v) is 14.9. The Kier molecular flexibility index (Phi) is 4.87. The van der Waals surface area contributed by atoms with E-state index in [1.807, 2.05) is 24.8 Å². The zero-order valence-electron chi connectivity index (χ0n) is 14.9. The Hall–Kier alpha value is -2.64. The monoisotopic (exact) mass is 344 g/mol. The Morgan fingerprint density at radius 3 is 2.72 bits per heavy atom. The molecule has 1 aliphatic rings. The van der Waals surface area contributed by atoms with Gasteiger partial charge < -0.3 is 15.1 Å². The predicted molar refractivity (Wildman–Crippen MR) is 96.8 cm³/mol. The predicted octanol–water partition coefficient (Wildman–Crippen LogP) is 0.959. The number of rotatable bonds is 3. The molecular weight excluding hydrogens is 320 g/mol. The number of aryl methyl sites for hydroxylation is 1. The number of hydrogen-bond donors (Lipinski definition) is 1.